The standard InChI is InChI=1S/C30H23N3O/c1-5-13-22(14-6-1)21-33-28(23-15-7-2-8-16-23)26-27(31-32-33)30(25-19-11-4-12-20-25)34-29(26)24-17-9-3-10-18-24/h1-20,28H,21H2/t28-/m0/s1. The smallest absolute Gasteiger partial charge is 0.162 e. The van der Waals surface area contributed by atoms with Gasteiger partial charge >= 0.3 is 0 Å². The van der Waals surface area contributed by atoms with Gasteiger partial charge in [-0.25, -0.2) is 0 Å². The maximum atomic E-state index is 6.61. The molecule has 0 unspecified atom stereocenters. The van der Waals surface area contributed by atoms with Crippen LogP contribution in [0.1, 0.15) is 22.7 Å². The molecule has 0 amide bonds. The van der Waals surface area contributed by atoms with Crippen molar-refractivity contribution >= 4 is 5.69 Å². The summed E-state index contributed by atoms with van der Waals surface area (Å²) in [6.07, 6.45) is 0. The molecule has 0 saturated carbocycles. The van der Waals surface area contributed by atoms with Crippen molar-refractivity contribution < 1.29 is 4.42 Å². The van der Waals surface area contributed by atoms with Crippen LogP contribution in [0.15, 0.2) is 136 Å². The van der Waals surface area contributed by atoms with Gasteiger partial charge in [-0.05, 0) is 11.1 Å². The normalized spacial score (nSPS) is 14.7. The van der Waals surface area contributed by atoms with Gasteiger partial charge in [-0.3, -0.25) is 5.01 Å². The molecule has 1 atom stereocenters. The van der Waals surface area contributed by atoms with Crippen molar-refractivity contribution in [3.05, 3.63) is 138 Å². The minimum absolute atomic E-state index is 0.134. The fourth-order valence-corrected chi connectivity index (χ4v) is 4.55. The van der Waals surface area contributed by atoms with Crippen LogP contribution in [0.2, 0.25) is 0 Å². The van der Waals surface area contributed by atoms with Crippen molar-refractivity contribution in [3.8, 4) is 22.6 Å². The highest BCUT2D eigenvalue weighted by Gasteiger charge is 2.36. The predicted octanol–water partition coefficient (Wildman–Crippen LogP) is 8.22. The summed E-state index contributed by atoms with van der Waals surface area (Å²) >= 11 is 0. The van der Waals surface area contributed by atoms with Gasteiger partial charge in [0.05, 0.1) is 12.1 Å². The Balaban J connectivity index is 1.58. The molecule has 164 valence electrons. The van der Waals surface area contributed by atoms with E-state index in [2.05, 4.69) is 77.8 Å². The second-order valence-corrected chi connectivity index (χ2v) is 8.34. The Kier molecular flexibility index (Phi) is 5.24. The molecule has 4 heteroatoms. The average Bonchev–Trinajstić information content (AvgIpc) is 3.30. The highest BCUT2D eigenvalue weighted by atomic mass is 16.3. The molecule has 2 heterocycles. The van der Waals surface area contributed by atoms with E-state index in [0.29, 0.717) is 6.54 Å². The lowest BCUT2D eigenvalue weighted by atomic mass is 9.93. The van der Waals surface area contributed by atoms with Crippen molar-refractivity contribution in [3.63, 3.8) is 0 Å². The van der Waals surface area contributed by atoms with Crippen LogP contribution in [-0.4, -0.2) is 5.01 Å². The lowest BCUT2D eigenvalue weighted by Crippen LogP contribution is -2.26. The summed E-state index contributed by atoms with van der Waals surface area (Å²) in [6.45, 7) is 0.642. The Morgan fingerprint density at radius 3 is 1.76 bits per heavy atom. The molecule has 0 fully saturated rings. The van der Waals surface area contributed by atoms with Gasteiger partial charge in [-0.2, -0.15) is 0 Å². The van der Waals surface area contributed by atoms with Gasteiger partial charge in [0.2, 0.25) is 0 Å². The topological polar surface area (TPSA) is 41.1 Å². The summed E-state index contributed by atoms with van der Waals surface area (Å²) in [5.41, 5.74) is 6.18. The van der Waals surface area contributed by atoms with Crippen molar-refractivity contribution in [2.75, 3.05) is 0 Å². The SMILES string of the molecule is c1ccc(CN2N=Nc3c(-c4ccccc4)oc(-c4ccccc4)c3[C@@H]2c2ccccc2)cc1. The van der Waals surface area contributed by atoms with Gasteiger partial charge in [-0.15, -0.1) is 5.11 Å². The number of fused-ring (bicyclic) bond motifs is 1. The van der Waals surface area contributed by atoms with Gasteiger partial charge in [0.15, 0.2) is 5.76 Å². The fraction of sp³-hybridized carbons (Fsp3) is 0.0667. The maximum absolute atomic E-state index is 6.61. The van der Waals surface area contributed by atoms with Gasteiger partial charge in [0.1, 0.15) is 17.5 Å². The number of nitrogens with zero attached hydrogens (tertiary/aromatic N) is 3. The summed E-state index contributed by atoms with van der Waals surface area (Å²) in [7, 11) is 0. The molecule has 6 rings (SSSR count). The molecule has 0 spiro atoms. The highest BCUT2D eigenvalue weighted by molar-refractivity contribution is 5.82. The predicted molar refractivity (Wildman–Crippen MR) is 134 cm³/mol. The molecule has 34 heavy (non-hydrogen) atoms. The van der Waals surface area contributed by atoms with Crippen molar-refractivity contribution in [1.29, 1.82) is 0 Å². The Morgan fingerprint density at radius 1 is 0.618 bits per heavy atom. The summed E-state index contributed by atoms with van der Waals surface area (Å²) in [6, 6.07) is 41.1. The average molecular weight is 442 g/mol. The van der Waals surface area contributed by atoms with E-state index >= 15 is 0 Å². The first-order chi connectivity index (χ1) is 16.9. The molecule has 0 N–H and O–H groups in total. The third-order valence-electron chi connectivity index (χ3n) is 6.12. The maximum Gasteiger partial charge on any atom is 0.162 e. The second-order valence-electron chi connectivity index (χ2n) is 8.34. The lowest BCUT2D eigenvalue weighted by molar-refractivity contribution is 0.203. The first-order valence-corrected chi connectivity index (χ1v) is 11.4. The molecule has 1 aliphatic heterocycles. The Hall–Kier alpha value is -4.44. The number of hydrogen-bond donors (Lipinski definition) is 0. The zero-order valence-electron chi connectivity index (χ0n) is 18.6. The Bertz CT molecular complexity index is 1410. The Labute approximate surface area is 198 Å². The molecule has 0 aliphatic carbocycles. The van der Waals surface area contributed by atoms with Crippen LogP contribution >= 0.6 is 0 Å². The highest BCUT2D eigenvalue weighted by Crippen LogP contribution is 2.51. The minimum Gasteiger partial charge on any atom is -0.453 e. The van der Waals surface area contributed by atoms with Crippen LogP contribution in [-0.2, 0) is 6.54 Å². The number of benzene rings is 4. The van der Waals surface area contributed by atoms with E-state index < -0.39 is 0 Å². The summed E-state index contributed by atoms with van der Waals surface area (Å²) in [5.74, 6) is 1.58. The fourth-order valence-electron chi connectivity index (χ4n) is 4.55. The molecule has 5 aromatic rings. The van der Waals surface area contributed by atoms with Crippen molar-refractivity contribution in [1.82, 2.24) is 5.01 Å². The van der Waals surface area contributed by atoms with E-state index in [1.807, 2.05) is 48.5 Å². The molecular formula is C30H23N3O. The quantitative estimate of drug-likeness (QED) is 0.276. The number of rotatable bonds is 5. The van der Waals surface area contributed by atoms with Crippen LogP contribution in [0.3, 0.4) is 0 Å². The lowest BCUT2D eigenvalue weighted by Gasteiger charge is -2.31. The van der Waals surface area contributed by atoms with E-state index in [-0.39, 0.29) is 6.04 Å². The van der Waals surface area contributed by atoms with Gasteiger partial charge in [0, 0.05) is 11.1 Å². The molecule has 4 aromatic carbocycles. The largest absolute Gasteiger partial charge is 0.453 e. The zero-order valence-corrected chi connectivity index (χ0v) is 18.6. The molecule has 0 bridgehead atoms. The van der Waals surface area contributed by atoms with Crippen molar-refractivity contribution in [2.24, 2.45) is 10.3 Å². The van der Waals surface area contributed by atoms with Gasteiger partial charge in [0.25, 0.3) is 0 Å². The van der Waals surface area contributed by atoms with Crippen LogP contribution in [0, 0.1) is 0 Å². The molecule has 0 radical (unpaired) electrons. The van der Waals surface area contributed by atoms with Crippen molar-refractivity contribution in [2.45, 2.75) is 12.6 Å². The zero-order chi connectivity index (χ0) is 22.7. The van der Waals surface area contributed by atoms with Gasteiger partial charge in [-0.1, -0.05) is 127 Å². The molecule has 0 saturated heterocycles. The molecule has 1 aromatic heterocycles. The third kappa shape index (κ3) is 3.69. The molecule has 4 nitrogen and oxygen atoms in total. The van der Waals surface area contributed by atoms with E-state index in [9.17, 15) is 0 Å². The van der Waals surface area contributed by atoms with Crippen LogP contribution in [0.25, 0.3) is 22.6 Å². The second kappa shape index (κ2) is 8.83. The van der Waals surface area contributed by atoms with Gasteiger partial charge < -0.3 is 4.42 Å². The van der Waals surface area contributed by atoms with E-state index in [4.69, 9.17) is 14.8 Å². The monoisotopic (exact) mass is 441 g/mol. The van der Waals surface area contributed by atoms with Crippen LogP contribution in [0.5, 0.6) is 0 Å². The third-order valence-corrected chi connectivity index (χ3v) is 6.12. The first kappa shape index (κ1) is 20.2. The summed E-state index contributed by atoms with van der Waals surface area (Å²) < 4.78 is 6.61. The summed E-state index contributed by atoms with van der Waals surface area (Å²) in [4.78, 5) is 0. The Morgan fingerprint density at radius 2 is 1.15 bits per heavy atom. The number of furan rings is 1. The molecule has 1 aliphatic rings. The van der Waals surface area contributed by atoms with E-state index in [0.717, 1.165) is 39.5 Å². The van der Waals surface area contributed by atoms with Crippen LogP contribution < -0.4 is 0 Å². The number of hydrogen-bond acceptors (Lipinski definition) is 4. The van der Waals surface area contributed by atoms with E-state index in [1.165, 1.54) is 5.56 Å². The van der Waals surface area contributed by atoms with E-state index in [1.54, 1.807) is 0 Å². The molecular weight excluding hydrogens is 418 g/mol. The minimum atomic E-state index is -0.134. The first-order valence-electron chi connectivity index (χ1n) is 11.4. The van der Waals surface area contributed by atoms with Crippen LogP contribution in [0.4, 0.5) is 5.69 Å². The summed E-state index contributed by atoms with van der Waals surface area (Å²) in [5, 5.41) is 11.5.